The number of ketones is 1. The molecule has 1 aliphatic heterocycles. The molecular weight excluding hydrogens is 521 g/mol. The van der Waals surface area contributed by atoms with Gasteiger partial charge in [-0.2, -0.15) is 0 Å². The Balaban J connectivity index is 1.66. The number of fused-ring (bicyclic) bond motifs is 1. The zero-order valence-electron chi connectivity index (χ0n) is 17.7. The van der Waals surface area contributed by atoms with E-state index in [1.807, 2.05) is 18.2 Å². The molecule has 0 saturated carbocycles. The van der Waals surface area contributed by atoms with Crippen molar-refractivity contribution in [2.24, 2.45) is 0 Å². The number of carbonyl (C=O) groups is 2. The number of halogens is 1. The molecule has 0 unspecified atom stereocenters. The van der Waals surface area contributed by atoms with Gasteiger partial charge in [0, 0.05) is 14.7 Å². The third-order valence-corrected chi connectivity index (χ3v) is 6.33. The van der Waals surface area contributed by atoms with Gasteiger partial charge >= 0.3 is 0 Å². The summed E-state index contributed by atoms with van der Waals surface area (Å²) < 4.78 is 11.6. The largest absolute Gasteiger partial charge is 0.493 e. The summed E-state index contributed by atoms with van der Waals surface area (Å²) in [4.78, 5) is 27.9. The number of Topliss-reactive ketones (excluding diaryl/α,β-unsaturated/α-hetero) is 1. The minimum absolute atomic E-state index is 0.218. The number of carbonyl (C=O) groups excluding carboxylic acids is 2. The summed E-state index contributed by atoms with van der Waals surface area (Å²) in [6.07, 6.45) is -0.328. The quantitative estimate of drug-likeness (QED) is 0.355. The molecule has 1 amide bonds. The molecule has 1 heterocycles. The summed E-state index contributed by atoms with van der Waals surface area (Å²) in [6.45, 7) is 0.218. The first-order valence-corrected chi connectivity index (χ1v) is 11.1. The van der Waals surface area contributed by atoms with E-state index in [2.05, 4.69) is 22.6 Å². The maximum absolute atomic E-state index is 13.5. The number of para-hydroxylation sites is 1. The van der Waals surface area contributed by atoms with Gasteiger partial charge in [0.05, 0.1) is 32.9 Å². The van der Waals surface area contributed by atoms with Gasteiger partial charge in [-0.3, -0.25) is 9.59 Å². The van der Waals surface area contributed by atoms with Crippen LogP contribution in [0.1, 0.15) is 27.9 Å². The molecule has 3 aromatic rings. The van der Waals surface area contributed by atoms with E-state index in [0.29, 0.717) is 28.3 Å². The van der Waals surface area contributed by atoms with Gasteiger partial charge in [0.15, 0.2) is 22.9 Å². The van der Waals surface area contributed by atoms with Crippen LogP contribution in [0.15, 0.2) is 66.7 Å². The fraction of sp³-hybridized carbons (Fsp3) is 0.200. The van der Waals surface area contributed by atoms with E-state index in [1.54, 1.807) is 62.8 Å². The maximum atomic E-state index is 13.5. The Morgan fingerprint density at radius 1 is 1.00 bits per heavy atom. The average molecular weight is 543 g/mol. The van der Waals surface area contributed by atoms with Crippen molar-refractivity contribution in [1.82, 2.24) is 0 Å². The molecule has 6 nitrogen and oxygen atoms in total. The summed E-state index contributed by atoms with van der Waals surface area (Å²) in [5.41, 5.74) is 0.365. The lowest BCUT2D eigenvalue weighted by Gasteiger charge is -2.23. The van der Waals surface area contributed by atoms with Crippen molar-refractivity contribution < 1.29 is 24.2 Å². The number of nitrogens with zero attached hydrogens (tertiary/aromatic N) is 1. The topological polar surface area (TPSA) is 76.1 Å². The lowest BCUT2D eigenvalue weighted by Crippen LogP contribution is -2.41. The van der Waals surface area contributed by atoms with Gasteiger partial charge in [-0.1, -0.05) is 36.4 Å². The second-order valence-corrected chi connectivity index (χ2v) is 8.81. The van der Waals surface area contributed by atoms with Crippen LogP contribution in [0, 0.1) is 3.57 Å². The van der Waals surface area contributed by atoms with Crippen molar-refractivity contribution in [1.29, 1.82) is 0 Å². The molecule has 32 heavy (non-hydrogen) atoms. The molecule has 7 heteroatoms. The van der Waals surface area contributed by atoms with Crippen molar-refractivity contribution in [3.05, 3.63) is 87.0 Å². The summed E-state index contributed by atoms with van der Waals surface area (Å²) in [5.74, 6) is 0.325. The Labute approximate surface area is 199 Å². The highest BCUT2D eigenvalue weighted by atomic mass is 127. The fourth-order valence-corrected chi connectivity index (χ4v) is 4.33. The maximum Gasteiger partial charge on any atom is 0.264 e. The lowest BCUT2D eigenvalue weighted by atomic mass is 9.88. The molecule has 164 valence electrons. The third-order valence-electron chi connectivity index (χ3n) is 5.61. The number of aliphatic hydroxyl groups is 1. The predicted molar refractivity (Wildman–Crippen MR) is 129 cm³/mol. The van der Waals surface area contributed by atoms with Crippen LogP contribution in [0.4, 0.5) is 5.69 Å². The van der Waals surface area contributed by atoms with E-state index in [1.165, 1.54) is 4.90 Å². The molecule has 0 saturated heterocycles. The monoisotopic (exact) mass is 543 g/mol. The molecule has 0 bridgehead atoms. The summed E-state index contributed by atoms with van der Waals surface area (Å²) >= 11 is 2.16. The van der Waals surface area contributed by atoms with Gasteiger partial charge in [0.2, 0.25) is 0 Å². The first kappa shape index (κ1) is 22.3. The van der Waals surface area contributed by atoms with Crippen LogP contribution in [-0.2, 0) is 16.9 Å². The molecular formula is C25H22INO5. The van der Waals surface area contributed by atoms with Gasteiger partial charge in [0.25, 0.3) is 5.91 Å². The Kier molecular flexibility index (Phi) is 6.21. The van der Waals surface area contributed by atoms with Crippen molar-refractivity contribution in [3.63, 3.8) is 0 Å². The van der Waals surface area contributed by atoms with Crippen LogP contribution >= 0.6 is 22.6 Å². The standard InChI is InChI=1S/C25H22INO5/c1-31-22-12-7-16(13-23(22)32-2)15-27-20-6-4-3-5-19(20)25(30,24(27)29)14-21(28)17-8-10-18(26)11-9-17/h3-13,30H,14-15H2,1-2H3/t25-/m1/s1. The van der Waals surface area contributed by atoms with Crippen LogP contribution in [-0.4, -0.2) is 31.0 Å². The average Bonchev–Trinajstić information content (AvgIpc) is 3.01. The SMILES string of the molecule is COc1ccc(CN2C(=O)[C@@](O)(CC(=O)c3ccc(I)cc3)c3ccccc32)cc1OC. The minimum Gasteiger partial charge on any atom is -0.493 e. The van der Waals surface area contributed by atoms with Crippen LogP contribution < -0.4 is 14.4 Å². The Hall–Kier alpha value is -2.91. The molecule has 0 aromatic heterocycles. The first-order valence-electron chi connectivity index (χ1n) is 10.0. The van der Waals surface area contributed by atoms with Gasteiger partial charge in [0.1, 0.15) is 0 Å². The van der Waals surface area contributed by atoms with Crippen LogP contribution in [0.2, 0.25) is 0 Å². The van der Waals surface area contributed by atoms with Crippen LogP contribution in [0.25, 0.3) is 0 Å². The predicted octanol–water partition coefficient (Wildman–Crippen LogP) is 4.32. The van der Waals surface area contributed by atoms with E-state index in [0.717, 1.165) is 9.13 Å². The number of rotatable bonds is 7. The molecule has 1 atom stereocenters. The van der Waals surface area contributed by atoms with E-state index >= 15 is 0 Å². The van der Waals surface area contributed by atoms with E-state index in [-0.39, 0.29) is 18.7 Å². The van der Waals surface area contributed by atoms with Gasteiger partial charge in [-0.05, 0) is 58.5 Å². The fourth-order valence-electron chi connectivity index (χ4n) is 3.97. The summed E-state index contributed by atoms with van der Waals surface area (Å²) in [7, 11) is 3.11. The number of amides is 1. The molecule has 0 aliphatic carbocycles. The number of ether oxygens (including phenoxy) is 2. The second kappa shape index (κ2) is 8.91. The van der Waals surface area contributed by atoms with Crippen molar-refractivity contribution in [3.8, 4) is 11.5 Å². The molecule has 3 aromatic carbocycles. The van der Waals surface area contributed by atoms with Gasteiger partial charge in [-0.25, -0.2) is 0 Å². The molecule has 1 aliphatic rings. The summed E-state index contributed by atoms with van der Waals surface area (Å²) in [5, 5.41) is 11.5. The van der Waals surface area contributed by atoms with Crippen molar-refractivity contribution in [2.45, 2.75) is 18.6 Å². The molecule has 0 radical (unpaired) electrons. The third kappa shape index (κ3) is 3.98. The summed E-state index contributed by atoms with van der Waals surface area (Å²) in [6, 6.07) is 19.5. The number of hydrogen-bond acceptors (Lipinski definition) is 5. The number of hydrogen-bond donors (Lipinski definition) is 1. The van der Waals surface area contributed by atoms with Crippen LogP contribution in [0.5, 0.6) is 11.5 Å². The Morgan fingerprint density at radius 3 is 2.38 bits per heavy atom. The lowest BCUT2D eigenvalue weighted by molar-refractivity contribution is -0.136. The highest BCUT2D eigenvalue weighted by Crippen LogP contribution is 2.44. The number of benzene rings is 3. The van der Waals surface area contributed by atoms with Gasteiger partial charge < -0.3 is 19.5 Å². The second-order valence-electron chi connectivity index (χ2n) is 7.56. The Bertz CT molecular complexity index is 1180. The highest BCUT2D eigenvalue weighted by Gasteiger charge is 2.50. The Morgan fingerprint density at radius 2 is 1.69 bits per heavy atom. The number of anilines is 1. The molecule has 0 spiro atoms. The molecule has 4 rings (SSSR count). The molecule has 1 N–H and O–H groups in total. The van der Waals surface area contributed by atoms with Crippen molar-refractivity contribution in [2.75, 3.05) is 19.1 Å². The normalized spacial score (nSPS) is 17.2. The van der Waals surface area contributed by atoms with Gasteiger partial charge in [-0.15, -0.1) is 0 Å². The minimum atomic E-state index is -1.92. The van der Waals surface area contributed by atoms with E-state index in [9.17, 15) is 14.7 Å². The highest BCUT2D eigenvalue weighted by molar-refractivity contribution is 14.1. The first-order chi connectivity index (χ1) is 15.4. The number of methoxy groups -OCH3 is 2. The molecule has 0 fully saturated rings. The zero-order valence-corrected chi connectivity index (χ0v) is 19.8. The van der Waals surface area contributed by atoms with E-state index < -0.39 is 11.5 Å². The van der Waals surface area contributed by atoms with E-state index in [4.69, 9.17) is 9.47 Å². The zero-order chi connectivity index (χ0) is 22.9. The van der Waals surface area contributed by atoms with Crippen molar-refractivity contribution >= 4 is 40.0 Å². The van der Waals surface area contributed by atoms with Crippen LogP contribution in [0.3, 0.4) is 0 Å². The smallest absolute Gasteiger partial charge is 0.264 e.